The van der Waals surface area contributed by atoms with E-state index in [0.717, 1.165) is 0 Å². The number of nitrogens with two attached hydrogens (primary N) is 1. The fourth-order valence-corrected chi connectivity index (χ4v) is 1.34. The molecule has 0 spiro atoms. The Bertz CT molecular complexity index is 173. The van der Waals surface area contributed by atoms with Gasteiger partial charge in [-0.05, 0) is 0 Å². The van der Waals surface area contributed by atoms with Gasteiger partial charge in [0.2, 0.25) is 5.91 Å². The first-order chi connectivity index (χ1) is 5.63. The van der Waals surface area contributed by atoms with Gasteiger partial charge in [-0.3, -0.25) is 4.79 Å². The van der Waals surface area contributed by atoms with E-state index in [1.807, 2.05) is 0 Å². The molecule has 0 bridgehead atoms. The highest BCUT2D eigenvalue weighted by atomic mass is 16.5. The van der Waals surface area contributed by atoms with Gasteiger partial charge >= 0.3 is 0 Å². The molecule has 1 amide bonds. The van der Waals surface area contributed by atoms with Crippen LogP contribution in [0, 0.1) is 0 Å². The molecule has 3 atom stereocenters. The van der Waals surface area contributed by atoms with E-state index in [4.69, 9.17) is 15.6 Å². The van der Waals surface area contributed by atoms with Crippen molar-refractivity contribution in [2.75, 3.05) is 6.61 Å². The normalized spacial score (nSPS) is 35.3. The van der Waals surface area contributed by atoms with Crippen LogP contribution in [0.5, 0.6) is 0 Å². The predicted octanol–water partition coefficient (Wildman–Crippen LogP) is -1.63. The summed E-state index contributed by atoms with van der Waals surface area (Å²) in [7, 11) is 0. The third-order valence-corrected chi connectivity index (χ3v) is 1.91. The highest BCUT2D eigenvalue weighted by Gasteiger charge is 2.33. The van der Waals surface area contributed by atoms with Crippen molar-refractivity contribution in [2.45, 2.75) is 31.2 Å². The van der Waals surface area contributed by atoms with Gasteiger partial charge in [-0.15, -0.1) is 0 Å². The quantitative estimate of drug-likeness (QED) is 0.480. The highest BCUT2D eigenvalue weighted by molar-refractivity contribution is 5.74. The molecular formula is C7H13NO4. The van der Waals surface area contributed by atoms with Crippen LogP contribution in [-0.2, 0) is 9.53 Å². The average Bonchev–Trinajstić information content (AvgIpc) is 2.29. The van der Waals surface area contributed by atoms with Crippen molar-refractivity contribution in [1.82, 2.24) is 0 Å². The minimum absolute atomic E-state index is 0.105. The van der Waals surface area contributed by atoms with Crippen molar-refractivity contribution in [1.29, 1.82) is 0 Å². The average molecular weight is 175 g/mol. The number of aliphatic hydroxyl groups is 2. The molecule has 1 saturated heterocycles. The van der Waals surface area contributed by atoms with Gasteiger partial charge in [-0.1, -0.05) is 0 Å². The van der Waals surface area contributed by atoms with Crippen molar-refractivity contribution in [3.8, 4) is 0 Å². The highest BCUT2D eigenvalue weighted by Crippen LogP contribution is 2.21. The number of aliphatic hydroxyl groups excluding tert-OH is 2. The largest absolute Gasteiger partial charge is 0.394 e. The van der Waals surface area contributed by atoms with Crippen LogP contribution in [0.2, 0.25) is 0 Å². The molecule has 12 heavy (non-hydrogen) atoms. The van der Waals surface area contributed by atoms with E-state index < -0.39 is 18.1 Å². The lowest BCUT2D eigenvalue weighted by Crippen LogP contribution is -2.25. The SMILES string of the molecule is NC(=O)C[C@H]1CC(O)[C@@H](CO)O1. The molecule has 70 valence electrons. The molecule has 5 heteroatoms. The summed E-state index contributed by atoms with van der Waals surface area (Å²) in [6, 6.07) is 0. The zero-order chi connectivity index (χ0) is 9.14. The first-order valence-electron chi connectivity index (χ1n) is 3.86. The number of primary amides is 1. The van der Waals surface area contributed by atoms with E-state index in [2.05, 4.69) is 0 Å². The third kappa shape index (κ3) is 2.17. The van der Waals surface area contributed by atoms with Crippen molar-refractivity contribution in [2.24, 2.45) is 5.73 Å². The molecule has 1 aliphatic rings. The fraction of sp³-hybridized carbons (Fsp3) is 0.857. The molecule has 4 N–H and O–H groups in total. The monoisotopic (exact) mass is 175 g/mol. The fourth-order valence-electron chi connectivity index (χ4n) is 1.34. The topological polar surface area (TPSA) is 92.8 Å². The van der Waals surface area contributed by atoms with Gasteiger partial charge < -0.3 is 20.7 Å². The Morgan fingerprint density at radius 1 is 1.67 bits per heavy atom. The van der Waals surface area contributed by atoms with Crippen LogP contribution in [0.3, 0.4) is 0 Å². The summed E-state index contributed by atoms with van der Waals surface area (Å²) in [4.78, 5) is 10.5. The summed E-state index contributed by atoms with van der Waals surface area (Å²) >= 11 is 0. The first-order valence-corrected chi connectivity index (χ1v) is 3.86. The summed E-state index contributed by atoms with van der Waals surface area (Å²) in [6.07, 6.45) is -1.11. The van der Waals surface area contributed by atoms with Crippen molar-refractivity contribution in [3.63, 3.8) is 0 Å². The molecule has 0 aromatic carbocycles. The van der Waals surface area contributed by atoms with Crippen LogP contribution in [-0.4, -0.2) is 41.0 Å². The van der Waals surface area contributed by atoms with Gasteiger partial charge in [-0.25, -0.2) is 0 Å². The molecule has 5 nitrogen and oxygen atoms in total. The summed E-state index contributed by atoms with van der Waals surface area (Å²) in [5.41, 5.74) is 4.94. The molecule has 0 aromatic heterocycles. The summed E-state index contributed by atoms with van der Waals surface area (Å²) in [6.45, 7) is -0.226. The molecule has 1 heterocycles. The van der Waals surface area contributed by atoms with E-state index in [1.165, 1.54) is 0 Å². The van der Waals surface area contributed by atoms with Crippen LogP contribution in [0.15, 0.2) is 0 Å². The van der Waals surface area contributed by atoms with E-state index in [-0.39, 0.29) is 19.1 Å². The van der Waals surface area contributed by atoms with Crippen LogP contribution in [0.4, 0.5) is 0 Å². The van der Waals surface area contributed by atoms with Gasteiger partial charge in [0.05, 0.1) is 25.2 Å². The van der Waals surface area contributed by atoms with E-state index in [1.54, 1.807) is 0 Å². The second-order valence-electron chi connectivity index (χ2n) is 2.95. The van der Waals surface area contributed by atoms with Crippen LogP contribution in [0.25, 0.3) is 0 Å². The number of carbonyl (C=O) groups is 1. The summed E-state index contributed by atoms with van der Waals surface area (Å²) in [5, 5.41) is 17.9. The number of amides is 1. The molecule has 0 aromatic rings. The maximum Gasteiger partial charge on any atom is 0.220 e. The van der Waals surface area contributed by atoms with Crippen LogP contribution >= 0.6 is 0 Å². The van der Waals surface area contributed by atoms with E-state index in [9.17, 15) is 9.90 Å². The van der Waals surface area contributed by atoms with Crippen LogP contribution < -0.4 is 5.73 Å². The van der Waals surface area contributed by atoms with Gasteiger partial charge in [0.1, 0.15) is 6.10 Å². The van der Waals surface area contributed by atoms with Crippen molar-refractivity contribution < 1.29 is 19.7 Å². The molecule has 1 rings (SSSR count). The number of carbonyl (C=O) groups excluding carboxylic acids is 1. The zero-order valence-corrected chi connectivity index (χ0v) is 6.64. The van der Waals surface area contributed by atoms with Crippen molar-refractivity contribution >= 4 is 5.91 Å². The molecule has 0 radical (unpaired) electrons. The lowest BCUT2D eigenvalue weighted by molar-refractivity contribution is -0.121. The Labute approximate surface area is 70.1 Å². The van der Waals surface area contributed by atoms with Gasteiger partial charge in [-0.2, -0.15) is 0 Å². The molecule has 1 fully saturated rings. The minimum atomic E-state index is -0.681. The standard InChI is InChI=1S/C7H13NO4/c8-7(11)2-4-1-5(10)6(3-9)12-4/h4-6,9-10H,1-3H2,(H2,8,11)/t4-,5?,6-/m1/s1. The molecule has 0 saturated carbocycles. The first kappa shape index (κ1) is 9.44. The Morgan fingerprint density at radius 2 is 2.33 bits per heavy atom. The summed E-state index contributed by atoms with van der Waals surface area (Å²) in [5.74, 6) is -0.453. The number of rotatable bonds is 3. The number of hydrogen-bond donors (Lipinski definition) is 3. The Kier molecular flexibility index (Phi) is 3.02. The van der Waals surface area contributed by atoms with E-state index in [0.29, 0.717) is 6.42 Å². The minimum Gasteiger partial charge on any atom is -0.394 e. The lowest BCUT2D eigenvalue weighted by Gasteiger charge is -2.10. The van der Waals surface area contributed by atoms with E-state index >= 15 is 0 Å². The van der Waals surface area contributed by atoms with Gasteiger partial charge in [0, 0.05) is 6.42 Å². The van der Waals surface area contributed by atoms with Gasteiger partial charge in [0.15, 0.2) is 0 Å². The lowest BCUT2D eigenvalue weighted by atomic mass is 10.1. The Hall–Kier alpha value is -0.650. The van der Waals surface area contributed by atoms with Gasteiger partial charge in [0.25, 0.3) is 0 Å². The molecular weight excluding hydrogens is 162 g/mol. The third-order valence-electron chi connectivity index (χ3n) is 1.91. The second kappa shape index (κ2) is 3.84. The van der Waals surface area contributed by atoms with Crippen LogP contribution in [0.1, 0.15) is 12.8 Å². The second-order valence-corrected chi connectivity index (χ2v) is 2.95. The Morgan fingerprint density at radius 3 is 2.75 bits per heavy atom. The Balaban J connectivity index is 2.37. The molecule has 1 unspecified atom stereocenters. The summed E-state index contributed by atoms with van der Waals surface area (Å²) < 4.78 is 5.13. The molecule has 0 aliphatic carbocycles. The van der Waals surface area contributed by atoms with Crippen molar-refractivity contribution in [3.05, 3.63) is 0 Å². The molecule has 1 aliphatic heterocycles. The number of hydrogen-bond acceptors (Lipinski definition) is 4. The zero-order valence-electron chi connectivity index (χ0n) is 6.64. The number of ether oxygens (including phenoxy) is 1. The maximum atomic E-state index is 10.5. The predicted molar refractivity (Wildman–Crippen MR) is 40.2 cm³/mol. The maximum absolute atomic E-state index is 10.5. The smallest absolute Gasteiger partial charge is 0.220 e.